The Balaban J connectivity index is 1.85. The van der Waals surface area contributed by atoms with Gasteiger partial charge in [-0.15, -0.1) is 0 Å². The molecule has 0 unspecified atom stereocenters. The van der Waals surface area contributed by atoms with Gasteiger partial charge in [-0.05, 0) is 25.1 Å². The first-order valence-electron chi connectivity index (χ1n) is 7.43. The molecule has 3 rings (SSSR count). The van der Waals surface area contributed by atoms with Gasteiger partial charge in [-0.3, -0.25) is 9.88 Å². The summed E-state index contributed by atoms with van der Waals surface area (Å²) in [6, 6.07) is 3.44. The minimum absolute atomic E-state index is 0.0881. The number of benzene rings is 1. The summed E-state index contributed by atoms with van der Waals surface area (Å²) in [5.74, 6) is -1.47. The first-order valence-corrected chi connectivity index (χ1v) is 7.43. The molecule has 1 aliphatic rings. The van der Waals surface area contributed by atoms with E-state index in [4.69, 9.17) is 4.74 Å². The quantitative estimate of drug-likeness (QED) is 0.826. The van der Waals surface area contributed by atoms with Crippen molar-refractivity contribution < 1.29 is 27.4 Å². The summed E-state index contributed by atoms with van der Waals surface area (Å²) in [4.78, 5) is 21.5. The lowest BCUT2D eigenvalue weighted by molar-refractivity contribution is -0.0521. The van der Waals surface area contributed by atoms with Crippen LogP contribution in [0.2, 0.25) is 0 Å². The third-order valence-electron chi connectivity index (χ3n) is 3.67. The lowest BCUT2D eigenvalue weighted by atomic mass is 10.1. The number of hydrogen-bond acceptors (Lipinski definition) is 5. The number of aromatic nitrogens is 2. The molecule has 2 aromatic rings. The lowest BCUT2D eigenvalue weighted by Crippen LogP contribution is -2.30. The lowest BCUT2D eigenvalue weighted by Gasteiger charge is -2.17. The van der Waals surface area contributed by atoms with Gasteiger partial charge in [0.25, 0.3) is 0 Å². The third-order valence-corrected chi connectivity index (χ3v) is 3.67. The van der Waals surface area contributed by atoms with Crippen LogP contribution >= 0.6 is 0 Å². The molecule has 6 nitrogen and oxygen atoms in total. The van der Waals surface area contributed by atoms with Crippen LogP contribution in [0.4, 0.5) is 18.0 Å². The van der Waals surface area contributed by atoms with Gasteiger partial charge < -0.3 is 9.47 Å². The maximum Gasteiger partial charge on any atom is 0.410 e. The topological polar surface area (TPSA) is 64.5 Å². The molecular formula is C16H14F3N3O3. The zero-order chi connectivity index (χ0) is 18.0. The minimum atomic E-state index is -3.13. The second-order valence-electron chi connectivity index (χ2n) is 5.47. The largest absolute Gasteiger partial charge is 0.447 e. The molecule has 0 N–H and O–H groups in total. The van der Waals surface area contributed by atoms with Gasteiger partial charge in [-0.1, -0.05) is 0 Å². The molecule has 132 valence electrons. The van der Waals surface area contributed by atoms with E-state index in [0.717, 1.165) is 12.1 Å². The van der Waals surface area contributed by atoms with Crippen LogP contribution < -0.4 is 4.74 Å². The molecule has 1 amide bonds. The highest BCUT2D eigenvalue weighted by atomic mass is 19.3. The summed E-state index contributed by atoms with van der Waals surface area (Å²) in [5, 5.41) is 0. The van der Waals surface area contributed by atoms with Crippen LogP contribution in [0.5, 0.6) is 5.75 Å². The van der Waals surface area contributed by atoms with Crippen molar-refractivity contribution >= 4 is 6.09 Å². The van der Waals surface area contributed by atoms with Crippen molar-refractivity contribution in [2.24, 2.45) is 0 Å². The Morgan fingerprint density at radius 3 is 2.88 bits per heavy atom. The van der Waals surface area contributed by atoms with Gasteiger partial charge >= 0.3 is 12.7 Å². The number of hydrogen-bond donors (Lipinski definition) is 0. The second-order valence-corrected chi connectivity index (χ2v) is 5.47. The molecular weight excluding hydrogens is 339 g/mol. The Labute approximate surface area is 141 Å². The highest BCUT2D eigenvalue weighted by Crippen LogP contribution is 2.26. The number of carbonyl (C=O) groups is 1. The van der Waals surface area contributed by atoms with Crippen LogP contribution in [0.25, 0.3) is 11.3 Å². The maximum atomic E-state index is 13.5. The van der Waals surface area contributed by atoms with E-state index < -0.39 is 24.3 Å². The molecule has 1 aliphatic heterocycles. The number of alkyl halides is 2. The van der Waals surface area contributed by atoms with E-state index in [-0.39, 0.29) is 12.6 Å². The number of halogens is 3. The zero-order valence-corrected chi connectivity index (χ0v) is 13.2. The van der Waals surface area contributed by atoms with Crippen molar-refractivity contribution in [2.75, 3.05) is 6.61 Å². The SMILES string of the molecule is C[C@@H]1COC(=O)N1Cc1cncc(-c2ccc(F)c(OC(F)F)c2)n1. The van der Waals surface area contributed by atoms with E-state index in [0.29, 0.717) is 23.6 Å². The molecule has 1 fully saturated rings. The molecule has 0 aliphatic carbocycles. The van der Waals surface area contributed by atoms with Gasteiger partial charge in [0.2, 0.25) is 0 Å². The third kappa shape index (κ3) is 3.81. The summed E-state index contributed by atoms with van der Waals surface area (Å²) in [6.45, 7) is -0.790. The fourth-order valence-electron chi connectivity index (χ4n) is 2.41. The number of cyclic esters (lactones) is 1. The van der Waals surface area contributed by atoms with Crippen LogP contribution in [0.15, 0.2) is 30.6 Å². The Bertz CT molecular complexity index is 788. The first-order chi connectivity index (χ1) is 11.9. The van der Waals surface area contributed by atoms with Crippen molar-refractivity contribution in [3.05, 3.63) is 42.1 Å². The number of carbonyl (C=O) groups excluding carboxylic acids is 1. The Hall–Kier alpha value is -2.84. The van der Waals surface area contributed by atoms with E-state index >= 15 is 0 Å². The molecule has 2 heterocycles. The standard InChI is InChI=1S/C16H14F3N3O3/c1-9-8-24-16(23)22(9)7-11-5-20-6-13(21-11)10-2-3-12(17)14(4-10)25-15(18)19/h2-6,9,15H,7-8H2,1H3/t9-/m1/s1. The fourth-order valence-corrected chi connectivity index (χ4v) is 2.41. The van der Waals surface area contributed by atoms with Crippen molar-refractivity contribution in [1.82, 2.24) is 14.9 Å². The predicted octanol–water partition coefficient (Wildman–Crippen LogP) is 3.22. The van der Waals surface area contributed by atoms with Gasteiger partial charge in [0.1, 0.15) is 6.61 Å². The number of amides is 1. The molecule has 9 heteroatoms. The van der Waals surface area contributed by atoms with E-state index in [1.807, 2.05) is 6.92 Å². The minimum Gasteiger partial charge on any atom is -0.447 e. The number of rotatable bonds is 5. The molecule has 25 heavy (non-hydrogen) atoms. The van der Waals surface area contributed by atoms with E-state index in [9.17, 15) is 18.0 Å². The molecule has 1 atom stereocenters. The van der Waals surface area contributed by atoms with Gasteiger partial charge in [0.15, 0.2) is 11.6 Å². The van der Waals surface area contributed by atoms with Crippen molar-refractivity contribution in [2.45, 2.75) is 26.1 Å². The van der Waals surface area contributed by atoms with Crippen LogP contribution in [-0.2, 0) is 11.3 Å². The highest BCUT2D eigenvalue weighted by molar-refractivity contribution is 5.70. The van der Waals surface area contributed by atoms with Gasteiger partial charge in [-0.25, -0.2) is 14.2 Å². The second kappa shape index (κ2) is 6.96. The summed E-state index contributed by atoms with van der Waals surface area (Å²) in [5.41, 5.74) is 1.20. The smallest absolute Gasteiger partial charge is 0.410 e. The van der Waals surface area contributed by atoms with Crippen molar-refractivity contribution in [1.29, 1.82) is 0 Å². The molecule has 1 aromatic heterocycles. The predicted molar refractivity (Wildman–Crippen MR) is 80.4 cm³/mol. The molecule has 0 spiro atoms. The summed E-state index contributed by atoms with van der Waals surface area (Å²) in [7, 11) is 0. The van der Waals surface area contributed by atoms with Gasteiger partial charge in [0, 0.05) is 5.56 Å². The maximum absolute atomic E-state index is 13.5. The fraction of sp³-hybridized carbons (Fsp3) is 0.312. The number of ether oxygens (including phenoxy) is 2. The van der Waals surface area contributed by atoms with Crippen LogP contribution in [-0.4, -0.2) is 40.2 Å². The van der Waals surface area contributed by atoms with Crippen molar-refractivity contribution in [3.8, 4) is 17.0 Å². The summed E-state index contributed by atoms with van der Waals surface area (Å²) < 4.78 is 47.3. The van der Waals surface area contributed by atoms with E-state index in [1.54, 1.807) is 0 Å². The average molecular weight is 353 g/mol. The summed E-state index contributed by atoms with van der Waals surface area (Å²) >= 11 is 0. The summed E-state index contributed by atoms with van der Waals surface area (Å²) in [6.07, 6.45) is 2.46. The molecule has 0 saturated carbocycles. The van der Waals surface area contributed by atoms with Gasteiger partial charge in [0.05, 0.1) is 36.4 Å². The monoisotopic (exact) mass is 353 g/mol. The zero-order valence-electron chi connectivity index (χ0n) is 13.2. The molecule has 1 saturated heterocycles. The highest BCUT2D eigenvalue weighted by Gasteiger charge is 2.29. The normalized spacial score (nSPS) is 17.1. The molecule has 0 radical (unpaired) electrons. The van der Waals surface area contributed by atoms with Gasteiger partial charge in [-0.2, -0.15) is 8.78 Å². The van der Waals surface area contributed by atoms with Crippen LogP contribution in [0, 0.1) is 5.82 Å². The van der Waals surface area contributed by atoms with E-state index in [1.165, 1.54) is 23.4 Å². The van der Waals surface area contributed by atoms with Crippen LogP contribution in [0.3, 0.4) is 0 Å². The first kappa shape index (κ1) is 17.0. The van der Waals surface area contributed by atoms with E-state index in [2.05, 4.69) is 14.7 Å². The Morgan fingerprint density at radius 2 is 2.20 bits per heavy atom. The molecule has 0 bridgehead atoms. The average Bonchev–Trinajstić information content (AvgIpc) is 2.89. The number of nitrogens with zero attached hydrogens (tertiary/aromatic N) is 3. The Morgan fingerprint density at radius 1 is 1.40 bits per heavy atom. The molecule has 1 aromatic carbocycles. The van der Waals surface area contributed by atoms with Crippen LogP contribution in [0.1, 0.15) is 12.6 Å². The van der Waals surface area contributed by atoms with Crippen molar-refractivity contribution in [3.63, 3.8) is 0 Å². The Kier molecular flexibility index (Phi) is 4.73.